The molecule has 6 aromatic rings. The van der Waals surface area contributed by atoms with Crippen molar-refractivity contribution < 1.29 is 24.3 Å². The Bertz CT molecular complexity index is 2840. The molecule has 0 bridgehead atoms. The average Bonchev–Trinajstić information content (AvgIpc) is 3.86. The van der Waals surface area contributed by atoms with E-state index >= 15 is 9.59 Å². The molecular weight excluding hydrogens is 779 g/mol. The fraction of sp³-hybridized carbons (Fsp3) is 0.267. The molecule has 2 saturated heterocycles. The first kappa shape index (κ1) is 36.1. The number of hydrogen-bond acceptors (Lipinski definition) is 7. The first-order valence-electron chi connectivity index (χ1n) is 19.0. The van der Waals surface area contributed by atoms with Gasteiger partial charge in [0.25, 0.3) is 0 Å². The number of benzene rings is 4. The number of hydrogen-bond donors (Lipinski definition) is 1. The molecule has 6 atom stereocenters. The predicted octanol–water partition coefficient (Wildman–Crippen LogP) is 9.52. The van der Waals surface area contributed by atoms with E-state index in [2.05, 4.69) is 0 Å². The van der Waals surface area contributed by atoms with E-state index in [0.29, 0.717) is 39.1 Å². The van der Waals surface area contributed by atoms with Crippen molar-refractivity contribution in [2.75, 3.05) is 9.80 Å². The van der Waals surface area contributed by atoms with Crippen LogP contribution in [0.4, 0.5) is 11.5 Å². The lowest BCUT2D eigenvalue weighted by molar-refractivity contribution is -0.131. The molecule has 2 aliphatic carbocycles. The second-order valence-corrected chi connectivity index (χ2v) is 17.9. The Balaban J connectivity index is 1.12. The number of allylic oxidation sites excluding steroid dienone is 2. The topological polar surface area (TPSA) is 113 Å². The maximum absolute atomic E-state index is 15.4. The molecule has 12 heteroatoms. The molecule has 10 rings (SSSR count). The lowest BCUT2D eigenvalue weighted by Crippen LogP contribution is -2.49. The number of halogens is 2. The number of anilines is 2. The number of carbonyl (C=O) groups excluding carboxylic acids is 4. The van der Waals surface area contributed by atoms with Gasteiger partial charge in [0.1, 0.15) is 17.3 Å². The summed E-state index contributed by atoms with van der Waals surface area (Å²) in [7, 11) is 1.73. The summed E-state index contributed by atoms with van der Waals surface area (Å²) >= 11 is 14.4. The molecule has 0 radical (unpaired) electrons. The normalized spacial score (nSPS) is 25.7. The number of thiophene rings is 1. The number of aryl methyl sites for hydroxylation is 3. The third kappa shape index (κ3) is 4.96. The predicted molar refractivity (Wildman–Crippen MR) is 223 cm³/mol. The Labute approximate surface area is 342 Å². The molecule has 57 heavy (non-hydrogen) atoms. The number of phenolic OH excluding ortho intramolecular Hbond substituents is 1. The van der Waals surface area contributed by atoms with Crippen molar-refractivity contribution in [3.05, 3.63) is 117 Å². The van der Waals surface area contributed by atoms with Gasteiger partial charge in [-0.05, 0) is 103 Å². The van der Waals surface area contributed by atoms with E-state index in [1.807, 2.05) is 75.4 Å². The summed E-state index contributed by atoms with van der Waals surface area (Å²) in [6.07, 6.45) is 2.55. The lowest BCUT2D eigenvalue weighted by Gasteiger charge is -2.49. The number of rotatable bonds is 4. The highest BCUT2D eigenvalue weighted by Crippen LogP contribution is 2.64. The quantitative estimate of drug-likeness (QED) is 0.140. The van der Waals surface area contributed by atoms with Crippen molar-refractivity contribution in [3.8, 4) is 16.3 Å². The summed E-state index contributed by atoms with van der Waals surface area (Å²) in [5.74, 6) is -4.26. The van der Waals surface area contributed by atoms with E-state index in [9.17, 15) is 14.7 Å². The summed E-state index contributed by atoms with van der Waals surface area (Å²) in [6.45, 7) is 5.74. The number of phenols is 1. The molecule has 3 fully saturated rings. The number of carbonyl (C=O) groups is 4. The van der Waals surface area contributed by atoms with Gasteiger partial charge in [0.2, 0.25) is 23.6 Å². The maximum Gasteiger partial charge on any atom is 0.242 e. The van der Waals surface area contributed by atoms with Crippen LogP contribution in [-0.2, 0) is 26.2 Å². The van der Waals surface area contributed by atoms with Gasteiger partial charge in [-0.3, -0.25) is 23.9 Å². The van der Waals surface area contributed by atoms with Crippen LogP contribution in [0.15, 0.2) is 90.5 Å². The first-order chi connectivity index (χ1) is 27.3. The summed E-state index contributed by atoms with van der Waals surface area (Å²) in [6, 6.07) is 23.7. The van der Waals surface area contributed by atoms with Crippen LogP contribution in [-0.4, -0.2) is 38.5 Å². The second kappa shape index (κ2) is 12.6. The van der Waals surface area contributed by atoms with Crippen molar-refractivity contribution in [1.82, 2.24) is 9.78 Å². The zero-order chi connectivity index (χ0) is 39.8. The van der Waals surface area contributed by atoms with E-state index in [4.69, 9.17) is 28.3 Å². The molecule has 9 nitrogen and oxygen atoms in total. The summed E-state index contributed by atoms with van der Waals surface area (Å²) in [5.41, 5.74) is 3.24. The number of fused-ring (bicyclic) bond motifs is 6. The Hall–Kier alpha value is -5.29. The minimum absolute atomic E-state index is 0.0988. The molecule has 1 N–H and O–H groups in total. The van der Waals surface area contributed by atoms with E-state index in [0.717, 1.165) is 42.6 Å². The fourth-order valence-corrected chi connectivity index (χ4v) is 11.8. The minimum Gasteiger partial charge on any atom is -0.507 e. The summed E-state index contributed by atoms with van der Waals surface area (Å²) < 4.78 is 2.63. The van der Waals surface area contributed by atoms with Gasteiger partial charge in [0.05, 0.1) is 33.7 Å². The van der Waals surface area contributed by atoms with Gasteiger partial charge in [-0.25, -0.2) is 9.80 Å². The monoisotopic (exact) mass is 814 g/mol. The Morgan fingerprint density at radius 2 is 1.61 bits per heavy atom. The maximum atomic E-state index is 15.4. The van der Waals surface area contributed by atoms with Crippen molar-refractivity contribution in [3.63, 3.8) is 0 Å². The summed E-state index contributed by atoms with van der Waals surface area (Å²) in [4.78, 5) is 62.6. The number of nitrogens with zero attached hydrogens (tertiary/aromatic N) is 4. The van der Waals surface area contributed by atoms with Gasteiger partial charge in [0, 0.05) is 39.2 Å². The number of aromatic nitrogens is 2. The van der Waals surface area contributed by atoms with Crippen LogP contribution in [0.3, 0.4) is 0 Å². The molecule has 4 aromatic carbocycles. The zero-order valence-corrected chi connectivity index (χ0v) is 33.7. The van der Waals surface area contributed by atoms with Crippen molar-refractivity contribution in [2.24, 2.45) is 36.1 Å². The van der Waals surface area contributed by atoms with Crippen LogP contribution < -0.4 is 9.80 Å². The van der Waals surface area contributed by atoms with Gasteiger partial charge in [-0.1, -0.05) is 71.2 Å². The van der Waals surface area contributed by atoms with Crippen LogP contribution in [0.5, 0.6) is 5.75 Å². The Morgan fingerprint density at radius 1 is 0.842 bits per heavy atom. The van der Waals surface area contributed by atoms with Crippen molar-refractivity contribution >= 4 is 90.5 Å². The van der Waals surface area contributed by atoms with Gasteiger partial charge in [-0.15, -0.1) is 11.3 Å². The highest BCUT2D eigenvalue weighted by atomic mass is 35.5. The minimum atomic E-state index is -1.28. The van der Waals surface area contributed by atoms with Crippen LogP contribution >= 0.6 is 34.5 Å². The van der Waals surface area contributed by atoms with Crippen molar-refractivity contribution in [1.29, 1.82) is 0 Å². The van der Waals surface area contributed by atoms with Crippen LogP contribution in [0.2, 0.25) is 10.0 Å². The van der Waals surface area contributed by atoms with E-state index in [1.165, 1.54) is 9.80 Å². The first-order valence-corrected chi connectivity index (χ1v) is 20.5. The third-order valence-corrected chi connectivity index (χ3v) is 15.1. The van der Waals surface area contributed by atoms with Crippen LogP contribution in [0.25, 0.3) is 31.4 Å². The highest BCUT2D eigenvalue weighted by Gasteiger charge is 2.68. The van der Waals surface area contributed by atoms with Crippen LogP contribution in [0, 0.1) is 42.9 Å². The summed E-state index contributed by atoms with van der Waals surface area (Å²) in [5, 5.41) is 19.3. The molecule has 4 amide bonds. The Morgan fingerprint density at radius 3 is 2.39 bits per heavy atom. The van der Waals surface area contributed by atoms with Crippen LogP contribution in [0.1, 0.15) is 42.4 Å². The average molecular weight is 816 g/mol. The number of amides is 4. The van der Waals surface area contributed by atoms with Gasteiger partial charge >= 0.3 is 0 Å². The smallest absolute Gasteiger partial charge is 0.242 e. The van der Waals surface area contributed by atoms with Crippen molar-refractivity contribution in [2.45, 2.75) is 39.5 Å². The molecule has 0 unspecified atom stereocenters. The third-order valence-electron chi connectivity index (χ3n) is 13.1. The largest absolute Gasteiger partial charge is 0.507 e. The zero-order valence-electron chi connectivity index (χ0n) is 31.4. The Kier molecular flexibility index (Phi) is 7.98. The molecule has 0 spiro atoms. The SMILES string of the molecule is Cc1ccc(N2C(=O)[C@H]3[C@H](CC=C4[C@H]3C[C@H]3C(=O)N(c5cc(-c6sc7ccc(Cl)cc7c6C)nn5C)C(=O)[C@@]3(C)[C@H]4c3ccc(O)c4ccccc34)C2=O)cc1Cl. The molecule has 4 heterocycles. The van der Waals surface area contributed by atoms with Gasteiger partial charge in [-0.2, -0.15) is 5.10 Å². The van der Waals surface area contributed by atoms with Gasteiger partial charge in [0.15, 0.2) is 0 Å². The van der Waals surface area contributed by atoms with Gasteiger partial charge < -0.3 is 5.11 Å². The van der Waals surface area contributed by atoms with E-state index in [-0.39, 0.29) is 35.8 Å². The fourth-order valence-electron chi connectivity index (χ4n) is 10.3. The highest BCUT2D eigenvalue weighted by molar-refractivity contribution is 7.22. The molecule has 286 valence electrons. The lowest BCUT2D eigenvalue weighted by atomic mass is 9.51. The number of aromatic hydroxyl groups is 1. The van der Waals surface area contributed by atoms with E-state index < -0.39 is 35.0 Å². The molecule has 2 aliphatic heterocycles. The van der Waals surface area contributed by atoms with E-state index in [1.54, 1.807) is 53.4 Å². The molecule has 2 aromatic heterocycles. The standard InChI is InChI=1S/C45H36Cl2N4O5S/c1-21-9-11-24(18-33(21)47)50-41(53)29-13-12-28-31(38(29)43(50)55)19-32-42(54)51(37-20-34(48-49(37)4)40-22(2)30-17-23(46)10-16-36(30)57-40)44(56)45(32,3)39(28)27-14-15-35(52)26-8-6-5-7-25(26)27/h5-12,14-18,20,29,31-32,38-39,52H,13,19H2,1-4H3/t29-,31+,32-,38-,39-,45+/m0/s1. The molecular formula is C45H36Cl2N4O5S. The molecule has 4 aliphatic rings. The molecule has 1 saturated carbocycles. The second-order valence-electron chi connectivity index (χ2n) is 16.0. The number of imide groups is 2.